The maximum atomic E-state index is 11.1. The van der Waals surface area contributed by atoms with Crippen LogP contribution in [0.2, 0.25) is 0 Å². The van der Waals surface area contributed by atoms with E-state index >= 15 is 0 Å². The highest BCUT2D eigenvalue weighted by atomic mass is 16.3. The summed E-state index contributed by atoms with van der Waals surface area (Å²) in [6.45, 7) is 4.24. The molecule has 1 nitrogen and oxygen atoms in total. The van der Waals surface area contributed by atoms with Gasteiger partial charge in [-0.1, -0.05) is 44.9 Å². The van der Waals surface area contributed by atoms with Gasteiger partial charge in [0.25, 0.3) is 0 Å². The van der Waals surface area contributed by atoms with Crippen LogP contribution in [0.3, 0.4) is 0 Å². The summed E-state index contributed by atoms with van der Waals surface area (Å²) in [7, 11) is 0. The third-order valence-electron chi connectivity index (χ3n) is 2.55. The fourth-order valence-corrected chi connectivity index (χ4v) is 1.88. The Labute approximate surface area is 86.8 Å². The summed E-state index contributed by atoms with van der Waals surface area (Å²) < 4.78 is 0. The molecule has 0 aliphatic carbocycles. The Balaban J connectivity index is 2.98. The van der Waals surface area contributed by atoms with E-state index in [1.807, 2.05) is 0 Å². The maximum absolute atomic E-state index is 11.1. The van der Waals surface area contributed by atoms with Crippen molar-refractivity contribution in [1.82, 2.24) is 0 Å². The van der Waals surface area contributed by atoms with Crippen LogP contribution in [0.4, 0.5) is 0 Å². The second-order valence-corrected chi connectivity index (χ2v) is 3.70. The molecule has 0 N–H and O–H groups in total. The van der Waals surface area contributed by atoms with Gasteiger partial charge in [0.1, 0.15) is 6.61 Å². The van der Waals surface area contributed by atoms with Crippen molar-refractivity contribution in [2.24, 2.45) is 0 Å². The molecular formula is C13H19O. The van der Waals surface area contributed by atoms with Gasteiger partial charge in [-0.3, -0.25) is 0 Å². The topological polar surface area (TPSA) is 19.9 Å². The molecule has 1 rings (SSSR count). The van der Waals surface area contributed by atoms with Crippen LogP contribution in [0.25, 0.3) is 0 Å². The zero-order valence-corrected chi connectivity index (χ0v) is 9.18. The molecule has 1 aromatic carbocycles. The van der Waals surface area contributed by atoms with Crippen molar-refractivity contribution in [1.29, 1.82) is 0 Å². The van der Waals surface area contributed by atoms with E-state index in [-0.39, 0.29) is 6.61 Å². The third kappa shape index (κ3) is 2.58. The fraction of sp³-hybridized carbons (Fsp3) is 0.538. The molecule has 0 amide bonds. The fourth-order valence-electron chi connectivity index (χ4n) is 1.88. The number of hydrogen-bond donors (Lipinski definition) is 0. The van der Waals surface area contributed by atoms with Crippen molar-refractivity contribution in [3.8, 4) is 0 Å². The minimum atomic E-state index is -0.0640. The van der Waals surface area contributed by atoms with Crippen molar-refractivity contribution in [3.05, 3.63) is 34.9 Å². The van der Waals surface area contributed by atoms with E-state index in [2.05, 4.69) is 32.0 Å². The summed E-state index contributed by atoms with van der Waals surface area (Å²) in [5, 5.41) is 11.1. The lowest BCUT2D eigenvalue weighted by molar-refractivity contribution is 0.176. The lowest BCUT2D eigenvalue weighted by Crippen LogP contribution is -1.99. The molecule has 0 aliphatic rings. The third-order valence-corrected chi connectivity index (χ3v) is 2.55. The number of aryl methyl sites for hydroxylation is 2. The van der Waals surface area contributed by atoms with Gasteiger partial charge in [-0.2, -0.15) is 0 Å². The molecule has 0 heterocycles. The van der Waals surface area contributed by atoms with Crippen molar-refractivity contribution < 1.29 is 5.11 Å². The molecule has 0 unspecified atom stereocenters. The van der Waals surface area contributed by atoms with E-state index in [1.54, 1.807) is 0 Å². The zero-order chi connectivity index (χ0) is 10.4. The molecular weight excluding hydrogens is 172 g/mol. The first-order chi connectivity index (χ1) is 6.83. The predicted octanol–water partition coefficient (Wildman–Crippen LogP) is 3.52. The Hall–Kier alpha value is -0.820. The molecule has 0 atom stereocenters. The van der Waals surface area contributed by atoms with E-state index in [4.69, 9.17) is 0 Å². The van der Waals surface area contributed by atoms with E-state index in [9.17, 15) is 5.11 Å². The largest absolute Gasteiger partial charge is 0.232 e. The lowest BCUT2D eigenvalue weighted by Gasteiger charge is -2.10. The van der Waals surface area contributed by atoms with Gasteiger partial charge < -0.3 is 0 Å². The average molecular weight is 191 g/mol. The van der Waals surface area contributed by atoms with Crippen LogP contribution in [0.15, 0.2) is 18.2 Å². The average Bonchev–Trinajstić information content (AvgIpc) is 2.19. The molecule has 0 bridgehead atoms. The summed E-state index contributed by atoms with van der Waals surface area (Å²) >= 11 is 0. The first-order valence-corrected chi connectivity index (χ1v) is 5.51. The van der Waals surface area contributed by atoms with Crippen molar-refractivity contribution >= 4 is 0 Å². The molecule has 1 aromatic rings. The summed E-state index contributed by atoms with van der Waals surface area (Å²) in [5.74, 6) is 0. The van der Waals surface area contributed by atoms with Crippen LogP contribution < -0.4 is 0 Å². The van der Waals surface area contributed by atoms with Crippen LogP contribution in [0.5, 0.6) is 0 Å². The van der Waals surface area contributed by atoms with E-state index in [0.29, 0.717) is 0 Å². The SMILES string of the molecule is CCCc1cccc(CCC)c1C[O]. The zero-order valence-electron chi connectivity index (χ0n) is 9.18. The molecule has 0 aliphatic heterocycles. The van der Waals surface area contributed by atoms with Gasteiger partial charge in [-0.25, -0.2) is 5.11 Å². The minimum Gasteiger partial charge on any atom is -0.232 e. The summed E-state index contributed by atoms with van der Waals surface area (Å²) in [6.07, 6.45) is 4.30. The molecule has 0 spiro atoms. The lowest BCUT2D eigenvalue weighted by atomic mass is 9.96. The van der Waals surface area contributed by atoms with Crippen molar-refractivity contribution in [2.45, 2.75) is 46.1 Å². The van der Waals surface area contributed by atoms with Gasteiger partial charge in [0.05, 0.1) is 0 Å². The maximum Gasteiger partial charge on any atom is 0.108 e. The Morgan fingerprint density at radius 2 is 1.50 bits per heavy atom. The van der Waals surface area contributed by atoms with E-state index in [1.165, 1.54) is 11.1 Å². The minimum absolute atomic E-state index is 0.0640. The summed E-state index contributed by atoms with van der Waals surface area (Å²) in [6, 6.07) is 6.26. The molecule has 0 saturated carbocycles. The number of hydrogen-bond acceptors (Lipinski definition) is 0. The van der Waals surface area contributed by atoms with Gasteiger partial charge in [-0.15, -0.1) is 0 Å². The Morgan fingerprint density at radius 1 is 1.00 bits per heavy atom. The van der Waals surface area contributed by atoms with Gasteiger partial charge in [0.15, 0.2) is 0 Å². The molecule has 0 fully saturated rings. The first kappa shape index (κ1) is 11.3. The second kappa shape index (κ2) is 5.82. The summed E-state index contributed by atoms with van der Waals surface area (Å²) in [5.41, 5.74) is 3.57. The molecule has 1 radical (unpaired) electrons. The van der Waals surface area contributed by atoms with E-state index < -0.39 is 0 Å². The highest BCUT2D eigenvalue weighted by molar-refractivity contribution is 5.35. The van der Waals surface area contributed by atoms with Crippen molar-refractivity contribution in [2.75, 3.05) is 0 Å². The predicted molar refractivity (Wildman–Crippen MR) is 58.8 cm³/mol. The Bertz CT molecular complexity index is 254. The number of rotatable bonds is 5. The molecule has 14 heavy (non-hydrogen) atoms. The van der Waals surface area contributed by atoms with Gasteiger partial charge in [-0.05, 0) is 29.5 Å². The van der Waals surface area contributed by atoms with Crippen LogP contribution >= 0.6 is 0 Å². The highest BCUT2D eigenvalue weighted by Crippen LogP contribution is 2.18. The van der Waals surface area contributed by atoms with Gasteiger partial charge >= 0.3 is 0 Å². The monoisotopic (exact) mass is 191 g/mol. The first-order valence-electron chi connectivity index (χ1n) is 5.51. The van der Waals surface area contributed by atoms with Crippen LogP contribution in [0, 0.1) is 0 Å². The molecule has 77 valence electrons. The number of benzene rings is 1. The Morgan fingerprint density at radius 3 is 1.86 bits per heavy atom. The Kier molecular flexibility index (Phi) is 4.68. The highest BCUT2D eigenvalue weighted by Gasteiger charge is 2.06. The molecule has 1 heteroatoms. The van der Waals surface area contributed by atoms with Crippen LogP contribution in [-0.4, -0.2) is 0 Å². The van der Waals surface area contributed by atoms with Gasteiger partial charge in [0, 0.05) is 0 Å². The smallest absolute Gasteiger partial charge is 0.108 e. The molecule has 0 saturated heterocycles. The molecule has 0 aromatic heterocycles. The summed E-state index contributed by atoms with van der Waals surface area (Å²) in [4.78, 5) is 0. The normalized spacial score (nSPS) is 10.5. The van der Waals surface area contributed by atoms with Gasteiger partial charge in [0.2, 0.25) is 0 Å². The quantitative estimate of drug-likeness (QED) is 0.678. The van der Waals surface area contributed by atoms with Crippen molar-refractivity contribution in [3.63, 3.8) is 0 Å². The van der Waals surface area contributed by atoms with Crippen LogP contribution in [-0.2, 0) is 24.6 Å². The second-order valence-electron chi connectivity index (χ2n) is 3.70. The van der Waals surface area contributed by atoms with E-state index in [0.717, 1.165) is 31.2 Å². The standard InChI is InChI=1S/C13H19O/c1-3-6-11-8-5-9-12(7-4-2)13(11)10-14/h5,8-9H,3-4,6-7,10H2,1-2H3. The van der Waals surface area contributed by atoms with Crippen LogP contribution in [0.1, 0.15) is 43.4 Å².